The first kappa shape index (κ1) is 14.1. The van der Waals surface area contributed by atoms with Crippen molar-refractivity contribution in [3.05, 3.63) is 53.4 Å². The summed E-state index contributed by atoms with van der Waals surface area (Å²) in [4.78, 5) is 26.3. The van der Waals surface area contributed by atoms with Crippen molar-refractivity contribution in [3.8, 4) is 0 Å². The first-order valence-electron chi connectivity index (χ1n) is 6.53. The number of hydrogen-bond acceptors (Lipinski definition) is 4. The average molecular weight is 270 g/mol. The summed E-state index contributed by atoms with van der Waals surface area (Å²) in [6.07, 6.45) is 4.32. The Kier molecular flexibility index (Phi) is 4.40. The van der Waals surface area contributed by atoms with Gasteiger partial charge in [-0.2, -0.15) is 0 Å². The summed E-state index contributed by atoms with van der Waals surface area (Å²) in [6, 6.07) is 5.63. The Morgan fingerprint density at radius 2 is 1.90 bits per heavy atom. The van der Waals surface area contributed by atoms with Gasteiger partial charge in [0.2, 0.25) is 0 Å². The number of carbonyl (C=O) groups is 1. The zero-order valence-corrected chi connectivity index (χ0v) is 12.0. The van der Waals surface area contributed by atoms with Gasteiger partial charge < -0.3 is 4.90 Å². The van der Waals surface area contributed by atoms with Crippen molar-refractivity contribution >= 4 is 5.91 Å². The maximum atomic E-state index is 12.3. The van der Waals surface area contributed by atoms with Crippen molar-refractivity contribution < 1.29 is 4.79 Å². The molecule has 0 fully saturated rings. The minimum absolute atomic E-state index is 0.0762. The standard InChI is InChI=1S/C15H18N4O/c1-11-10-14(18-12(2)17-11)15(20)19(3)9-6-13-4-7-16-8-5-13/h4-5,7-8,10H,6,9H2,1-3H3. The van der Waals surface area contributed by atoms with Crippen molar-refractivity contribution in [3.63, 3.8) is 0 Å². The Morgan fingerprint density at radius 3 is 2.55 bits per heavy atom. The molecule has 0 saturated carbocycles. The summed E-state index contributed by atoms with van der Waals surface area (Å²) < 4.78 is 0. The summed E-state index contributed by atoms with van der Waals surface area (Å²) in [5.74, 6) is 0.545. The molecule has 0 aliphatic carbocycles. The number of likely N-dealkylation sites (N-methyl/N-ethyl adjacent to an activating group) is 1. The third-order valence-electron chi connectivity index (χ3n) is 3.02. The predicted octanol–water partition coefficient (Wildman–Crippen LogP) is 1.80. The third kappa shape index (κ3) is 3.60. The molecule has 0 aliphatic heterocycles. The van der Waals surface area contributed by atoms with Crippen LogP contribution in [0.15, 0.2) is 30.6 Å². The molecule has 2 heterocycles. The molecular weight excluding hydrogens is 252 g/mol. The molecule has 0 bridgehead atoms. The van der Waals surface area contributed by atoms with Crippen LogP contribution in [0.3, 0.4) is 0 Å². The molecular formula is C15H18N4O. The minimum atomic E-state index is -0.0762. The van der Waals surface area contributed by atoms with E-state index < -0.39 is 0 Å². The van der Waals surface area contributed by atoms with Gasteiger partial charge in [-0.1, -0.05) is 0 Å². The summed E-state index contributed by atoms with van der Waals surface area (Å²) in [5, 5.41) is 0. The lowest BCUT2D eigenvalue weighted by molar-refractivity contribution is 0.0790. The van der Waals surface area contributed by atoms with Crippen LogP contribution in [0, 0.1) is 13.8 Å². The fourth-order valence-electron chi connectivity index (χ4n) is 1.97. The van der Waals surface area contributed by atoms with Crippen LogP contribution in [0.25, 0.3) is 0 Å². The van der Waals surface area contributed by atoms with Crippen LogP contribution in [-0.2, 0) is 6.42 Å². The van der Waals surface area contributed by atoms with E-state index in [2.05, 4.69) is 15.0 Å². The van der Waals surface area contributed by atoms with Crippen molar-refractivity contribution in [2.75, 3.05) is 13.6 Å². The second kappa shape index (κ2) is 6.23. The first-order valence-corrected chi connectivity index (χ1v) is 6.53. The molecule has 5 nitrogen and oxygen atoms in total. The molecule has 5 heteroatoms. The van der Waals surface area contributed by atoms with E-state index in [-0.39, 0.29) is 5.91 Å². The highest BCUT2D eigenvalue weighted by atomic mass is 16.2. The number of aryl methyl sites for hydroxylation is 2. The fraction of sp³-hybridized carbons (Fsp3) is 0.333. The second-order valence-electron chi connectivity index (χ2n) is 4.77. The van der Waals surface area contributed by atoms with E-state index in [0.29, 0.717) is 18.1 Å². The van der Waals surface area contributed by atoms with Crippen molar-refractivity contribution in [1.29, 1.82) is 0 Å². The van der Waals surface area contributed by atoms with Gasteiger partial charge in [-0.25, -0.2) is 9.97 Å². The molecule has 20 heavy (non-hydrogen) atoms. The Hall–Kier alpha value is -2.30. The number of aromatic nitrogens is 3. The van der Waals surface area contributed by atoms with Crippen molar-refractivity contribution in [2.24, 2.45) is 0 Å². The smallest absolute Gasteiger partial charge is 0.272 e. The van der Waals surface area contributed by atoms with Crippen LogP contribution >= 0.6 is 0 Å². The SMILES string of the molecule is Cc1cc(C(=O)N(C)CCc2ccncc2)nc(C)n1. The van der Waals surface area contributed by atoms with Crippen LogP contribution in [0.4, 0.5) is 0 Å². The van der Waals surface area contributed by atoms with Crippen molar-refractivity contribution in [1.82, 2.24) is 19.9 Å². The van der Waals surface area contributed by atoms with Gasteiger partial charge >= 0.3 is 0 Å². The Labute approximate surface area is 118 Å². The summed E-state index contributed by atoms with van der Waals surface area (Å²) >= 11 is 0. The lowest BCUT2D eigenvalue weighted by Crippen LogP contribution is -2.29. The number of carbonyl (C=O) groups excluding carboxylic acids is 1. The maximum Gasteiger partial charge on any atom is 0.272 e. The van der Waals surface area contributed by atoms with Crippen LogP contribution in [-0.4, -0.2) is 39.4 Å². The molecule has 1 amide bonds. The molecule has 0 unspecified atom stereocenters. The van der Waals surface area contributed by atoms with Crippen LogP contribution in [0.1, 0.15) is 27.6 Å². The number of hydrogen-bond donors (Lipinski definition) is 0. The maximum absolute atomic E-state index is 12.3. The summed E-state index contributed by atoms with van der Waals surface area (Å²) in [7, 11) is 1.79. The minimum Gasteiger partial charge on any atom is -0.340 e. The molecule has 0 radical (unpaired) electrons. The topological polar surface area (TPSA) is 59.0 Å². The summed E-state index contributed by atoms with van der Waals surface area (Å²) in [6.45, 7) is 4.30. The number of rotatable bonds is 4. The van der Waals surface area contributed by atoms with Gasteiger partial charge in [-0.3, -0.25) is 9.78 Å². The first-order chi connectivity index (χ1) is 9.56. The van der Waals surface area contributed by atoms with Crippen LogP contribution in [0.5, 0.6) is 0 Å². The lowest BCUT2D eigenvalue weighted by atomic mass is 10.2. The fourth-order valence-corrected chi connectivity index (χ4v) is 1.97. The van der Waals surface area contributed by atoms with Crippen molar-refractivity contribution in [2.45, 2.75) is 20.3 Å². The second-order valence-corrected chi connectivity index (χ2v) is 4.77. The molecule has 2 rings (SSSR count). The number of amides is 1. The zero-order chi connectivity index (χ0) is 14.5. The van der Waals surface area contributed by atoms with E-state index >= 15 is 0 Å². The van der Waals surface area contributed by atoms with Gasteiger partial charge in [-0.05, 0) is 44.0 Å². The Balaban J connectivity index is 2.01. The highest BCUT2D eigenvalue weighted by molar-refractivity contribution is 5.92. The molecule has 2 aromatic heterocycles. The van der Waals surface area contributed by atoms with Crippen LogP contribution in [0.2, 0.25) is 0 Å². The molecule has 2 aromatic rings. The molecule has 0 N–H and O–H groups in total. The molecule has 0 saturated heterocycles. The highest BCUT2D eigenvalue weighted by Gasteiger charge is 2.14. The number of pyridine rings is 1. The van der Waals surface area contributed by atoms with Gasteiger partial charge in [0.15, 0.2) is 0 Å². The number of nitrogens with zero attached hydrogens (tertiary/aromatic N) is 4. The molecule has 104 valence electrons. The molecule has 0 aromatic carbocycles. The summed E-state index contributed by atoms with van der Waals surface area (Å²) in [5.41, 5.74) is 2.42. The van der Waals surface area contributed by atoms with Crippen LogP contribution < -0.4 is 0 Å². The van der Waals surface area contributed by atoms with E-state index in [1.165, 1.54) is 0 Å². The lowest BCUT2D eigenvalue weighted by Gasteiger charge is -2.17. The quantitative estimate of drug-likeness (QED) is 0.850. The average Bonchev–Trinajstić information content (AvgIpc) is 2.44. The van der Waals surface area contributed by atoms with E-state index in [4.69, 9.17) is 0 Å². The Morgan fingerprint density at radius 1 is 1.20 bits per heavy atom. The van der Waals surface area contributed by atoms with Gasteiger partial charge in [0.1, 0.15) is 11.5 Å². The van der Waals surface area contributed by atoms with Gasteiger partial charge in [-0.15, -0.1) is 0 Å². The van der Waals surface area contributed by atoms with E-state index in [1.54, 1.807) is 37.3 Å². The third-order valence-corrected chi connectivity index (χ3v) is 3.02. The van der Waals surface area contributed by atoms with E-state index in [1.807, 2.05) is 19.1 Å². The monoisotopic (exact) mass is 270 g/mol. The normalized spacial score (nSPS) is 10.3. The van der Waals surface area contributed by atoms with Gasteiger partial charge in [0.05, 0.1) is 0 Å². The Bertz CT molecular complexity index is 578. The van der Waals surface area contributed by atoms with Gasteiger partial charge in [0, 0.05) is 31.7 Å². The predicted molar refractivity (Wildman–Crippen MR) is 76.4 cm³/mol. The van der Waals surface area contributed by atoms with E-state index in [9.17, 15) is 4.79 Å². The van der Waals surface area contributed by atoms with Gasteiger partial charge in [0.25, 0.3) is 5.91 Å². The van der Waals surface area contributed by atoms with E-state index in [0.717, 1.165) is 17.7 Å². The molecule has 0 spiro atoms. The molecule has 0 atom stereocenters. The molecule has 0 aliphatic rings. The zero-order valence-electron chi connectivity index (χ0n) is 12.0. The largest absolute Gasteiger partial charge is 0.340 e. The highest BCUT2D eigenvalue weighted by Crippen LogP contribution is 2.05.